The Bertz CT molecular complexity index is 557. The maximum absolute atomic E-state index is 10.3. The second-order valence-corrected chi connectivity index (χ2v) is 4.74. The lowest BCUT2D eigenvalue weighted by Crippen LogP contribution is -2.05. The summed E-state index contributed by atoms with van der Waals surface area (Å²) in [6.07, 6.45) is 2.06. The Morgan fingerprint density at radius 3 is 2.84 bits per heavy atom. The standard InChI is InChI=1S/C12H16ClN5O/c1-3-4-5-9(19)8-6-7-10(13)14-11(8)12-15-16-17-18(12)2/h6-7,9,19H,3-5H2,1-2H3. The van der Waals surface area contributed by atoms with E-state index < -0.39 is 6.10 Å². The molecule has 1 unspecified atom stereocenters. The van der Waals surface area contributed by atoms with Gasteiger partial charge in [-0.1, -0.05) is 37.4 Å². The molecule has 6 nitrogen and oxygen atoms in total. The first-order valence-corrected chi connectivity index (χ1v) is 6.58. The third-order valence-corrected chi connectivity index (χ3v) is 3.13. The van der Waals surface area contributed by atoms with E-state index in [-0.39, 0.29) is 0 Å². The third-order valence-electron chi connectivity index (χ3n) is 2.91. The number of tetrazole rings is 1. The minimum absolute atomic E-state index is 0.351. The second-order valence-electron chi connectivity index (χ2n) is 4.36. The summed E-state index contributed by atoms with van der Waals surface area (Å²) in [5.41, 5.74) is 1.24. The molecule has 0 saturated carbocycles. The van der Waals surface area contributed by atoms with Crippen LogP contribution in [0.15, 0.2) is 12.1 Å². The van der Waals surface area contributed by atoms with E-state index >= 15 is 0 Å². The molecule has 0 aromatic carbocycles. The number of aliphatic hydroxyl groups is 1. The largest absolute Gasteiger partial charge is 0.388 e. The molecule has 2 aromatic rings. The SMILES string of the molecule is CCCCC(O)c1ccc(Cl)nc1-c1nnnn1C. The number of hydrogen-bond acceptors (Lipinski definition) is 5. The van der Waals surface area contributed by atoms with Gasteiger partial charge in [0, 0.05) is 12.6 Å². The molecule has 0 aliphatic rings. The van der Waals surface area contributed by atoms with Gasteiger partial charge in [-0.05, 0) is 22.9 Å². The smallest absolute Gasteiger partial charge is 0.200 e. The molecule has 102 valence electrons. The van der Waals surface area contributed by atoms with E-state index in [1.807, 2.05) is 0 Å². The molecule has 19 heavy (non-hydrogen) atoms. The zero-order chi connectivity index (χ0) is 13.8. The van der Waals surface area contributed by atoms with Crippen molar-refractivity contribution in [1.29, 1.82) is 0 Å². The van der Waals surface area contributed by atoms with Crippen LogP contribution < -0.4 is 0 Å². The normalized spacial score (nSPS) is 12.6. The Balaban J connectivity index is 2.41. The van der Waals surface area contributed by atoms with E-state index in [1.165, 1.54) is 4.68 Å². The van der Waals surface area contributed by atoms with Gasteiger partial charge in [0.25, 0.3) is 0 Å². The fourth-order valence-corrected chi connectivity index (χ4v) is 2.02. The number of rotatable bonds is 5. The van der Waals surface area contributed by atoms with Crippen molar-refractivity contribution in [2.45, 2.75) is 32.3 Å². The summed E-state index contributed by atoms with van der Waals surface area (Å²) in [4.78, 5) is 4.25. The Morgan fingerprint density at radius 2 is 2.21 bits per heavy atom. The molecular formula is C12H16ClN5O. The average Bonchev–Trinajstić information content (AvgIpc) is 2.82. The van der Waals surface area contributed by atoms with Crippen LogP contribution in [0.3, 0.4) is 0 Å². The molecule has 0 aliphatic heterocycles. The van der Waals surface area contributed by atoms with E-state index in [0.717, 1.165) is 12.8 Å². The first-order valence-electron chi connectivity index (χ1n) is 6.20. The molecule has 0 amide bonds. The Morgan fingerprint density at radius 1 is 1.42 bits per heavy atom. The van der Waals surface area contributed by atoms with Crippen molar-refractivity contribution in [2.24, 2.45) is 7.05 Å². The maximum atomic E-state index is 10.3. The van der Waals surface area contributed by atoms with E-state index in [1.54, 1.807) is 19.2 Å². The summed E-state index contributed by atoms with van der Waals surface area (Å²) in [5, 5.41) is 21.9. The third kappa shape index (κ3) is 3.08. The Labute approximate surface area is 116 Å². The number of aromatic nitrogens is 5. The highest BCUT2D eigenvalue weighted by Gasteiger charge is 2.19. The lowest BCUT2D eigenvalue weighted by atomic mass is 10.0. The Hall–Kier alpha value is -1.53. The number of pyridine rings is 1. The molecule has 0 saturated heterocycles. The predicted molar refractivity (Wildman–Crippen MR) is 71.5 cm³/mol. The zero-order valence-electron chi connectivity index (χ0n) is 10.9. The summed E-state index contributed by atoms with van der Waals surface area (Å²) < 4.78 is 1.51. The van der Waals surface area contributed by atoms with Gasteiger partial charge < -0.3 is 5.11 Å². The number of nitrogens with zero attached hydrogens (tertiary/aromatic N) is 5. The van der Waals surface area contributed by atoms with Crippen LogP contribution in [-0.4, -0.2) is 30.3 Å². The summed E-state index contributed by atoms with van der Waals surface area (Å²) in [6.45, 7) is 2.08. The van der Waals surface area contributed by atoms with Crippen molar-refractivity contribution in [2.75, 3.05) is 0 Å². The summed E-state index contributed by atoms with van der Waals surface area (Å²) in [7, 11) is 1.72. The second kappa shape index (κ2) is 6.08. The molecule has 2 rings (SSSR count). The predicted octanol–water partition coefficient (Wildman–Crippen LogP) is 2.15. The molecule has 7 heteroatoms. The van der Waals surface area contributed by atoms with Crippen molar-refractivity contribution in [3.8, 4) is 11.5 Å². The van der Waals surface area contributed by atoms with Crippen LogP contribution in [0, 0.1) is 0 Å². The fourth-order valence-electron chi connectivity index (χ4n) is 1.88. The van der Waals surface area contributed by atoms with E-state index in [0.29, 0.717) is 28.7 Å². The van der Waals surface area contributed by atoms with Gasteiger partial charge in [0.2, 0.25) is 5.82 Å². The molecule has 0 radical (unpaired) electrons. The van der Waals surface area contributed by atoms with Crippen molar-refractivity contribution in [3.05, 3.63) is 22.8 Å². The van der Waals surface area contributed by atoms with Crippen molar-refractivity contribution in [3.63, 3.8) is 0 Å². The lowest BCUT2D eigenvalue weighted by Gasteiger charge is -2.14. The van der Waals surface area contributed by atoms with Crippen molar-refractivity contribution >= 4 is 11.6 Å². The van der Waals surface area contributed by atoms with Gasteiger partial charge in [-0.2, -0.15) is 0 Å². The maximum Gasteiger partial charge on any atom is 0.200 e. The van der Waals surface area contributed by atoms with Gasteiger partial charge >= 0.3 is 0 Å². The summed E-state index contributed by atoms with van der Waals surface area (Å²) in [6, 6.07) is 3.44. The first-order chi connectivity index (χ1) is 9.13. The molecular weight excluding hydrogens is 266 g/mol. The van der Waals surface area contributed by atoms with E-state index in [2.05, 4.69) is 27.4 Å². The molecule has 0 fully saturated rings. The van der Waals surface area contributed by atoms with Crippen LogP contribution in [0.5, 0.6) is 0 Å². The van der Waals surface area contributed by atoms with Gasteiger partial charge in [0.15, 0.2) is 0 Å². The van der Waals surface area contributed by atoms with Crippen LogP contribution in [0.25, 0.3) is 11.5 Å². The van der Waals surface area contributed by atoms with Crippen LogP contribution in [0.2, 0.25) is 5.15 Å². The molecule has 0 spiro atoms. The molecule has 1 N–H and O–H groups in total. The fraction of sp³-hybridized carbons (Fsp3) is 0.500. The van der Waals surface area contributed by atoms with Gasteiger partial charge in [0.1, 0.15) is 10.8 Å². The number of unbranched alkanes of at least 4 members (excludes halogenated alkanes) is 1. The quantitative estimate of drug-likeness (QED) is 0.850. The number of hydrogen-bond donors (Lipinski definition) is 1. The average molecular weight is 282 g/mol. The van der Waals surface area contributed by atoms with Crippen LogP contribution in [0.1, 0.15) is 37.9 Å². The minimum Gasteiger partial charge on any atom is -0.388 e. The van der Waals surface area contributed by atoms with Gasteiger partial charge in [-0.15, -0.1) is 5.10 Å². The van der Waals surface area contributed by atoms with E-state index in [4.69, 9.17) is 11.6 Å². The Kier molecular flexibility index (Phi) is 4.44. The number of halogens is 1. The molecule has 2 aromatic heterocycles. The highest BCUT2D eigenvalue weighted by Crippen LogP contribution is 2.28. The highest BCUT2D eigenvalue weighted by atomic mass is 35.5. The monoisotopic (exact) mass is 281 g/mol. The van der Waals surface area contributed by atoms with Crippen LogP contribution in [-0.2, 0) is 7.05 Å². The first kappa shape index (κ1) is 13.9. The van der Waals surface area contributed by atoms with Gasteiger partial charge in [-0.25, -0.2) is 9.67 Å². The summed E-state index contributed by atoms with van der Waals surface area (Å²) >= 11 is 5.92. The summed E-state index contributed by atoms with van der Waals surface area (Å²) in [5.74, 6) is 0.494. The molecule has 0 bridgehead atoms. The van der Waals surface area contributed by atoms with Gasteiger partial charge in [-0.3, -0.25) is 0 Å². The zero-order valence-corrected chi connectivity index (χ0v) is 11.7. The minimum atomic E-state index is -0.587. The molecule has 1 atom stereocenters. The number of aliphatic hydroxyl groups excluding tert-OH is 1. The number of aryl methyl sites for hydroxylation is 1. The van der Waals surface area contributed by atoms with Crippen molar-refractivity contribution < 1.29 is 5.11 Å². The van der Waals surface area contributed by atoms with Gasteiger partial charge in [0.05, 0.1) is 6.10 Å². The van der Waals surface area contributed by atoms with Crippen LogP contribution in [0.4, 0.5) is 0 Å². The van der Waals surface area contributed by atoms with Crippen LogP contribution >= 0.6 is 11.6 Å². The molecule has 2 heterocycles. The highest BCUT2D eigenvalue weighted by molar-refractivity contribution is 6.29. The topological polar surface area (TPSA) is 76.7 Å². The van der Waals surface area contributed by atoms with E-state index in [9.17, 15) is 5.11 Å². The molecule has 0 aliphatic carbocycles. The van der Waals surface area contributed by atoms with Crippen molar-refractivity contribution in [1.82, 2.24) is 25.2 Å². The lowest BCUT2D eigenvalue weighted by molar-refractivity contribution is 0.164.